The number of nitrogens with zero attached hydrogens (tertiary/aromatic N) is 5. The number of aryl methyl sites for hydroxylation is 1. The third kappa shape index (κ3) is 100. The molecule has 1 heterocycles. The highest BCUT2D eigenvalue weighted by molar-refractivity contribution is 8.00. The molecule has 1 rings (SSSR count). The molecular weight excluding hydrogens is 1730 g/mol. The quantitative estimate of drug-likeness (QED) is 0.0347. The van der Waals surface area contributed by atoms with Crippen LogP contribution in [0.5, 0.6) is 0 Å². The highest BCUT2D eigenvalue weighted by Crippen LogP contribution is 2.33. The lowest BCUT2D eigenvalue weighted by atomic mass is 9.85. The molecule has 0 aliphatic carbocycles. The van der Waals surface area contributed by atoms with E-state index in [1.807, 2.05) is 133 Å². The molecule has 0 radical (unpaired) electrons. The molecule has 0 N–H and O–H groups in total. The van der Waals surface area contributed by atoms with Crippen molar-refractivity contribution in [3.05, 3.63) is 54.9 Å². The number of pyridine rings is 1. The van der Waals surface area contributed by atoms with Gasteiger partial charge in [-0.25, -0.2) is 0 Å². The van der Waals surface area contributed by atoms with Crippen LogP contribution in [0.3, 0.4) is 0 Å². The first-order valence-corrected chi connectivity index (χ1v) is 56.4. The zero-order valence-electron chi connectivity index (χ0n) is 93.6. The summed E-state index contributed by atoms with van der Waals surface area (Å²) in [6, 6.07) is 4.27. The van der Waals surface area contributed by atoms with E-state index in [9.17, 15) is 28.8 Å². The standard InChI is InChI=1S/C17H33NOS.C16H33NOS.C16H31NOS.C16H27NS.C15H31NOS.C15H30O2S.C14H28O2S/c1-8-11-18(12-10-16(2,3)4)15(19)9-13-20-14-17(5,6)7;1-8-17(11-10-15(2,3)4)14(18)9-12-19-13-16(5,6)7;1-8-10-17(12-15(2,3)4)14(18)9-11-19-13-16(5,6)7;1-15(2,3)12-18-11-9-14-13(16(4,5)6)8-7-10-17-14;1-8-16(11-14(2,3)4)13(17)9-10-18-12-15(5,6)7;1-11(18-10-14(3,4)5)9-13(16)17-12(2)15(6,7)8;1-11(17-10-14(5,6)7)8-12(15)16-9-13(2,3)4/h8H,1,9-14H2,2-7H3;8-13H2,1-7H3;8H,1,9-13H2,2-7H3;7-8,10H,9,11-12H2,1-6H3;8-12H2,1-7H3;11-12H,9-10H2,1-8H3;11H,8-10H2,1-7H3. The smallest absolute Gasteiger partial charge is 0.307 e. The van der Waals surface area contributed by atoms with Gasteiger partial charge in [-0.2, -0.15) is 82.3 Å². The third-order valence-corrected chi connectivity index (χ3v) is 29.2. The van der Waals surface area contributed by atoms with Gasteiger partial charge in [0.05, 0.1) is 19.4 Å². The minimum atomic E-state index is -0.0775. The van der Waals surface area contributed by atoms with E-state index in [4.69, 9.17) is 9.47 Å². The zero-order chi connectivity index (χ0) is 102. The molecule has 0 fully saturated rings. The highest BCUT2D eigenvalue weighted by atomic mass is 32.2. The van der Waals surface area contributed by atoms with E-state index in [-0.39, 0.29) is 62.3 Å². The van der Waals surface area contributed by atoms with Crippen molar-refractivity contribution in [2.45, 2.75) is 405 Å². The van der Waals surface area contributed by atoms with Crippen LogP contribution in [-0.2, 0) is 50.1 Å². The normalized spacial score (nSPS) is 13.3. The molecule has 0 aromatic carbocycles. The van der Waals surface area contributed by atoms with Gasteiger partial charge in [0.1, 0.15) is 6.10 Å². The predicted octanol–water partition coefficient (Wildman–Crippen LogP) is 30.7. The molecule has 0 aliphatic rings. The zero-order valence-corrected chi connectivity index (χ0v) is 99.3. The molecule has 0 saturated heterocycles. The lowest BCUT2D eigenvalue weighted by Crippen LogP contribution is -2.38. The van der Waals surface area contributed by atoms with E-state index in [2.05, 4.69) is 343 Å². The van der Waals surface area contributed by atoms with Gasteiger partial charge < -0.3 is 29.1 Å². The van der Waals surface area contributed by atoms with Crippen molar-refractivity contribution in [1.29, 1.82) is 0 Å². The average molecular weight is 1950 g/mol. The molecule has 129 heavy (non-hydrogen) atoms. The second-order valence-electron chi connectivity index (χ2n) is 51.9. The number of hydrogen-bond acceptors (Lipinski definition) is 16. The Morgan fingerprint density at radius 2 is 0.682 bits per heavy atom. The Morgan fingerprint density at radius 1 is 0.380 bits per heavy atom. The number of hydrogen-bond donors (Lipinski definition) is 0. The number of thioether (sulfide) groups is 7. The number of carbonyl (C=O) groups excluding carboxylic acids is 6. The van der Waals surface area contributed by atoms with Crippen LogP contribution in [0.2, 0.25) is 0 Å². The van der Waals surface area contributed by atoms with Gasteiger partial charge in [-0.1, -0.05) is 323 Å². The Morgan fingerprint density at radius 3 is 0.984 bits per heavy atom. The first kappa shape index (κ1) is 138. The maximum atomic E-state index is 12.2. The first-order valence-electron chi connectivity index (χ1n) is 48.6. The highest BCUT2D eigenvalue weighted by Gasteiger charge is 2.29. The van der Waals surface area contributed by atoms with Gasteiger partial charge in [0.2, 0.25) is 23.6 Å². The number of rotatable bonds is 42. The van der Waals surface area contributed by atoms with Gasteiger partial charge in [-0.05, 0) is 173 Å². The maximum absolute atomic E-state index is 12.2. The van der Waals surface area contributed by atoms with Gasteiger partial charge in [0, 0.05) is 123 Å². The molecule has 13 nitrogen and oxygen atoms in total. The Kier molecular flexibility index (Phi) is 70.9. The topological polar surface area (TPSA) is 147 Å². The van der Waals surface area contributed by atoms with Crippen LogP contribution in [0.4, 0.5) is 0 Å². The number of amides is 4. The second kappa shape index (κ2) is 66.5. The van der Waals surface area contributed by atoms with Crippen molar-refractivity contribution < 1.29 is 38.2 Å². The van der Waals surface area contributed by atoms with Crippen molar-refractivity contribution in [3.63, 3.8) is 0 Å². The molecule has 1 aromatic heterocycles. The lowest BCUT2D eigenvalue weighted by molar-refractivity contribution is -0.153. The van der Waals surface area contributed by atoms with E-state index in [0.29, 0.717) is 124 Å². The van der Waals surface area contributed by atoms with Gasteiger partial charge in [0.25, 0.3) is 0 Å². The minimum absolute atomic E-state index is 0.0114. The molecule has 0 spiro atoms. The van der Waals surface area contributed by atoms with Crippen LogP contribution in [0.25, 0.3) is 0 Å². The summed E-state index contributed by atoms with van der Waals surface area (Å²) in [5, 5.41) is 0.658. The summed E-state index contributed by atoms with van der Waals surface area (Å²) in [5.74, 6) is 13.6. The molecule has 3 unspecified atom stereocenters. The molecule has 3 atom stereocenters. The molecule has 0 bridgehead atoms. The Balaban J connectivity index is -0.000000342. The first-order chi connectivity index (χ1) is 57.8. The van der Waals surface area contributed by atoms with Crippen molar-refractivity contribution in [3.8, 4) is 0 Å². The fourth-order valence-electron chi connectivity index (χ4n) is 10.6. The Hall–Kier alpha value is -2.10. The van der Waals surface area contributed by atoms with Crippen LogP contribution in [-0.4, -0.2) is 205 Å². The van der Waals surface area contributed by atoms with Crippen LogP contribution >= 0.6 is 82.3 Å². The Bertz CT molecular complexity index is 3130. The number of aromatic nitrogens is 1. The summed E-state index contributed by atoms with van der Waals surface area (Å²) in [7, 11) is 0. The van der Waals surface area contributed by atoms with Crippen LogP contribution in [0.1, 0.15) is 388 Å². The number of ether oxygens (including phenoxy) is 2. The van der Waals surface area contributed by atoms with Crippen molar-refractivity contribution >= 4 is 118 Å². The van der Waals surface area contributed by atoms with Crippen LogP contribution < -0.4 is 0 Å². The minimum Gasteiger partial charge on any atom is -0.465 e. The van der Waals surface area contributed by atoms with E-state index < -0.39 is 0 Å². The fourth-order valence-corrected chi connectivity index (χ4v) is 18.1. The van der Waals surface area contributed by atoms with E-state index in [1.54, 1.807) is 0 Å². The van der Waals surface area contributed by atoms with E-state index in [0.717, 1.165) is 122 Å². The van der Waals surface area contributed by atoms with Gasteiger partial charge in [-0.15, -0.1) is 13.2 Å². The van der Waals surface area contributed by atoms with Gasteiger partial charge in [-0.3, -0.25) is 33.8 Å². The van der Waals surface area contributed by atoms with E-state index >= 15 is 0 Å². The lowest BCUT2D eigenvalue weighted by Gasteiger charge is -2.29. The maximum Gasteiger partial charge on any atom is 0.307 e. The molecule has 20 heteroatoms. The predicted molar refractivity (Wildman–Crippen MR) is 592 cm³/mol. The molecule has 764 valence electrons. The SMILES string of the molecule is C=CCN(CC(C)(C)C)C(=O)CCSCC(C)(C)C.C=CCN(CCC(C)(C)C)C(=O)CCSCC(C)(C)C.CC(C)(C)CSCCc1ncccc1C(C)(C)C.CC(CC(=O)OC(C)C(C)(C)C)SCC(C)(C)C.CC(CC(=O)OCC(C)(C)C)SCC(C)(C)C.CCN(CC(C)(C)C)C(=O)CCSCC(C)(C)C.CCN(CCC(C)(C)C)C(=O)CCSCC(C)(C)C. The third-order valence-electron chi connectivity index (χ3n) is 17.9. The second-order valence-corrected chi connectivity index (χ2v) is 60.3. The summed E-state index contributed by atoms with van der Waals surface area (Å²) < 4.78 is 10.7. The summed E-state index contributed by atoms with van der Waals surface area (Å²) in [6.45, 7) is 117. The summed E-state index contributed by atoms with van der Waals surface area (Å²) in [6.07, 6.45) is 12.3. The molecule has 1 aromatic rings. The summed E-state index contributed by atoms with van der Waals surface area (Å²) in [4.78, 5) is 84.5. The van der Waals surface area contributed by atoms with Gasteiger partial charge in [0.15, 0.2) is 0 Å². The van der Waals surface area contributed by atoms with Crippen molar-refractivity contribution in [1.82, 2.24) is 24.6 Å². The van der Waals surface area contributed by atoms with Crippen LogP contribution in [0.15, 0.2) is 43.6 Å². The largest absolute Gasteiger partial charge is 0.465 e. The van der Waals surface area contributed by atoms with E-state index in [1.165, 1.54) is 17.0 Å². The average Bonchev–Trinajstić information content (AvgIpc) is 0.834. The summed E-state index contributed by atoms with van der Waals surface area (Å²) >= 11 is 13.2. The molecule has 4 amide bonds. The molecular formula is C109H213N5O8S7. The van der Waals surface area contributed by atoms with Crippen LogP contribution in [0, 0.1) is 70.4 Å². The van der Waals surface area contributed by atoms with Crippen molar-refractivity contribution in [2.75, 3.05) is 128 Å². The monoisotopic (exact) mass is 1940 g/mol. The molecule has 0 saturated carbocycles. The number of carbonyl (C=O) groups is 6. The van der Waals surface area contributed by atoms with Gasteiger partial charge >= 0.3 is 11.9 Å². The van der Waals surface area contributed by atoms with Crippen molar-refractivity contribution in [2.24, 2.45) is 70.4 Å². The summed E-state index contributed by atoms with van der Waals surface area (Å²) in [5.41, 5.74) is 6.21. The Labute approximate surface area is 832 Å². The molecule has 0 aliphatic heterocycles. The fraction of sp³-hybridized carbons (Fsp3) is 0.862. The number of esters is 2.